The Hall–Kier alpha value is -2.98. The molecule has 39 heavy (non-hydrogen) atoms. The number of aromatic amines is 1. The van der Waals surface area contributed by atoms with E-state index in [0.29, 0.717) is 57.4 Å². The topological polar surface area (TPSA) is 102 Å². The average Bonchev–Trinajstić information content (AvgIpc) is 3.54. The summed E-state index contributed by atoms with van der Waals surface area (Å²) in [5.74, 6) is -0.993. The molecule has 1 spiro atoms. The fourth-order valence-corrected chi connectivity index (χ4v) is 6.48. The second-order valence-electron chi connectivity index (χ2n) is 11.1. The van der Waals surface area contributed by atoms with Gasteiger partial charge in [0, 0.05) is 25.7 Å². The van der Waals surface area contributed by atoms with Gasteiger partial charge in [-0.1, -0.05) is 11.6 Å². The smallest absolute Gasteiger partial charge is 0.272 e. The van der Waals surface area contributed by atoms with Gasteiger partial charge in [0.25, 0.3) is 11.8 Å². The molecule has 9 nitrogen and oxygen atoms in total. The van der Waals surface area contributed by atoms with Crippen LogP contribution in [0.3, 0.4) is 0 Å². The summed E-state index contributed by atoms with van der Waals surface area (Å²) in [7, 11) is 2.10. The molecule has 11 heteroatoms. The molecule has 2 aromatic rings. The number of halogens is 2. The van der Waals surface area contributed by atoms with Gasteiger partial charge in [-0.2, -0.15) is 0 Å². The molecule has 0 radical (unpaired) electrons. The van der Waals surface area contributed by atoms with E-state index in [1.807, 2.05) is 4.90 Å². The molecule has 2 N–H and O–H groups in total. The minimum atomic E-state index is -0.495. The van der Waals surface area contributed by atoms with Crippen molar-refractivity contribution < 1.29 is 18.8 Å². The minimum absolute atomic E-state index is 0.0104. The summed E-state index contributed by atoms with van der Waals surface area (Å²) < 4.78 is 13.5. The molecule has 3 fully saturated rings. The normalized spacial score (nSPS) is 24.9. The van der Waals surface area contributed by atoms with Gasteiger partial charge in [-0.25, -0.2) is 9.37 Å². The molecule has 5 rings (SSSR count). The lowest BCUT2D eigenvalue weighted by molar-refractivity contribution is -0.127. The highest BCUT2D eigenvalue weighted by Crippen LogP contribution is 2.47. The number of imidazole rings is 1. The second-order valence-corrected chi connectivity index (χ2v) is 11.5. The van der Waals surface area contributed by atoms with E-state index in [4.69, 9.17) is 11.6 Å². The first-order valence-corrected chi connectivity index (χ1v) is 14.2. The van der Waals surface area contributed by atoms with E-state index in [-0.39, 0.29) is 40.2 Å². The van der Waals surface area contributed by atoms with Crippen LogP contribution in [0.4, 0.5) is 10.1 Å². The van der Waals surface area contributed by atoms with Crippen LogP contribution in [0, 0.1) is 11.2 Å². The van der Waals surface area contributed by atoms with E-state index in [1.165, 1.54) is 18.5 Å². The molecule has 1 aliphatic carbocycles. The lowest BCUT2D eigenvalue weighted by atomic mass is 9.71. The number of anilines is 1. The molecule has 0 atom stereocenters. The maximum atomic E-state index is 13.5. The Bertz CT molecular complexity index is 1230. The number of aromatic nitrogens is 2. The van der Waals surface area contributed by atoms with Crippen LogP contribution >= 0.6 is 11.6 Å². The fraction of sp³-hybridized carbons (Fsp3) is 0.571. The van der Waals surface area contributed by atoms with Gasteiger partial charge in [-0.05, 0) is 89.7 Å². The minimum Gasteiger partial charge on any atom is -0.348 e. The lowest BCUT2D eigenvalue weighted by Gasteiger charge is -2.36. The van der Waals surface area contributed by atoms with Crippen LogP contribution in [0.25, 0.3) is 0 Å². The van der Waals surface area contributed by atoms with E-state index in [9.17, 15) is 18.8 Å². The van der Waals surface area contributed by atoms with E-state index in [0.717, 1.165) is 32.4 Å². The van der Waals surface area contributed by atoms with Crippen molar-refractivity contribution in [3.05, 3.63) is 46.8 Å². The molecule has 2 aliphatic heterocycles. The van der Waals surface area contributed by atoms with E-state index in [2.05, 4.69) is 27.2 Å². The summed E-state index contributed by atoms with van der Waals surface area (Å²) in [6, 6.07) is 3.98. The summed E-state index contributed by atoms with van der Waals surface area (Å²) in [6.45, 7) is 3.78. The number of carbonyl (C=O) groups excluding carboxylic acids is 3. The zero-order chi connectivity index (χ0) is 27.6. The number of rotatable bonds is 4. The zero-order valence-corrected chi connectivity index (χ0v) is 23.1. The van der Waals surface area contributed by atoms with Crippen LogP contribution in [0.15, 0.2) is 24.5 Å². The Kier molecular flexibility index (Phi) is 8.23. The van der Waals surface area contributed by atoms with Crippen LogP contribution in [0.1, 0.15) is 72.3 Å². The van der Waals surface area contributed by atoms with Gasteiger partial charge >= 0.3 is 0 Å². The highest BCUT2D eigenvalue weighted by Gasteiger charge is 2.49. The van der Waals surface area contributed by atoms with Crippen LogP contribution in [0.5, 0.6) is 0 Å². The number of hydrogen-bond donors (Lipinski definition) is 2. The Labute approximate surface area is 233 Å². The Morgan fingerprint density at radius 1 is 1.08 bits per heavy atom. The third-order valence-corrected chi connectivity index (χ3v) is 8.84. The average molecular weight is 559 g/mol. The third kappa shape index (κ3) is 5.82. The molecule has 1 aromatic heterocycles. The van der Waals surface area contributed by atoms with Crippen molar-refractivity contribution in [3.8, 4) is 0 Å². The summed E-state index contributed by atoms with van der Waals surface area (Å²) in [4.78, 5) is 52.8. The maximum Gasteiger partial charge on any atom is 0.272 e. The molecular formula is C28H36ClFN6O3. The highest BCUT2D eigenvalue weighted by atomic mass is 35.5. The zero-order valence-electron chi connectivity index (χ0n) is 22.3. The number of H-pyrrole nitrogens is 1. The Balaban J connectivity index is 1.19. The Morgan fingerprint density at radius 3 is 2.56 bits per heavy atom. The van der Waals surface area contributed by atoms with Gasteiger partial charge in [0.2, 0.25) is 5.91 Å². The van der Waals surface area contributed by atoms with Crippen LogP contribution in [0.2, 0.25) is 5.02 Å². The fourth-order valence-electron chi connectivity index (χ4n) is 6.21. The third-order valence-electron chi connectivity index (χ3n) is 8.53. The van der Waals surface area contributed by atoms with Gasteiger partial charge in [0.15, 0.2) is 5.69 Å². The first kappa shape index (κ1) is 27.6. The van der Waals surface area contributed by atoms with Crippen molar-refractivity contribution in [1.82, 2.24) is 25.1 Å². The molecule has 1 saturated carbocycles. The van der Waals surface area contributed by atoms with Gasteiger partial charge in [0.1, 0.15) is 11.5 Å². The standard InChI is InChI=1S/C28H36ClFN6O3/c1-34-12-2-3-14-35(15-4-13-34)26(38)24-23(31-18-32-24)25(37)33-20-7-9-28(10-8-20)11-16-36(27(28)39)22-6-5-19(30)17-21(22)29/h5-6,17-18,20H,2-4,7-16H2,1H3,(H,31,32)(H,33,37). The predicted molar refractivity (Wildman–Crippen MR) is 146 cm³/mol. The van der Waals surface area contributed by atoms with Crippen molar-refractivity contribution in [3.63, 3.8) is 0 Å². The van der Waals surface area contributed by atoms with Crippen molar-refractivity contribution >= 4 is 35.0 Å². The quantitative estimate of drug-likeness (QED) is 0.593. The number of nitrogens with zero attached hydrogens (tertiary/aromatic N) is 4. The van der Waals surface area contributed by atoms with Crippen molar-refractivity contribution in [1.29, 1.82) is 0 Å². The molecular weight excluding hydrogens is 523 g/mol. The van der Waals surface area contributed by atoms with Crippen molar-refractivity contribution in [2.45, 2.75) is 57.4 Å². The largest absolute Gasteiger partial charge is 0.348 e. The number of amides is 3. The molecule has 3 heterocycles. The molecule has 210 valence electrons. The molecule has 0 unspecified atom stereocenters. The van der Waals surface area contributed by atoms with Gasteiger partial charge in [-0.15, -0.1) is 0 Å². The molecule has 2 saturated heterocycles. The number of hydrogen-bond acceptors (Lipinski definition) is 5. The van der Waals surface area contributed by atoms with Crippen LogP contribution in [-0.2, 0) is 4.79 Å². The second kappa shape index (κ2) is 11.6. The highest BCUT2D eigenvalue weighted by molar-refractivity contribution is 6.34. The van der Waals surface area contributed by atoms with Gasteiger partial charge in [-0.3, -0.25) is 14.4 Å². The van der Waals surface area contributed by atoms with Crippen molar-refractivity contribution in [2.75, 3.05) is 44.7 Å². The summed E-state index contributed by atoms with van der Waals surface area (Å²) in [6.07, 6.45) is 7.49. The predicted octanol–water partition coefficient (Wildman–Crippen LogP) is 3.86. The number of carbonyl (C=O) groups is 3. The van der Waals surface area contributed by atoms with E-state index < -0.39 is 11.2 Å². The van der Waals surface area contributed by atoms with Crippen LogP contribution in [-0.4, -0.2) is 83.3 Å². The van der Waals surface area contributed by atoms with E-state index in [1.54, 1.807) is 11.0 Å². The first-order chi connectivity index (χ1) is 18.8. The van der Waals surface area contributed by atoms with Gasteiger partial charge < -0.3 is 25.0 Å². The Morgan fingerprint density at radius 2 is 1.79 bits per heavy atom. The SMILES string of the molecule is CN1CCCCN(C(=O)c2[nH]cnc2C(=O)NC2CCC3(CC2)CCN(c2ccc(F)cc2Cl)C3=O)CCC1. The number of benzene rings is 1. The molecule has 3 amide bonds. The van der Waals surface area contributed by atoms with Crippen molar-refractivity contribution in [2.24, 2.45) is 5.41 Å². The molecule has 1 aromatic carbocycles. The summed E-state index contributed by atoms with van der Waals surface area (Å²) in [5.41, 5.74) is 0.385. The van der Waals surface area contributed by atoms with Crippen LogP contribution < -0.4 is 10.2 Å². The monoisotopic (exact) mass is 558 g/mol. The molecule has 0 bridgehead atoms. The first-order valence-electron chi connectivity index (χ1n) is 13.9. The molecule has 3 aliphatic rings. The number of nitrogens with one attached hydrogen (secondary N) is 2. The summed E-state index contributed by atoms with van der Waals surface area (Å²) >= 11 is 6.23. The van der Waals surface area contributed by atoms with Gasteiger partial charge in [0.05, 0.1) is 22.5 Å². The lowest BCUT2D eigenvalue weighted by Crippen LogP contribution is -2.44. The van der Waals surface area contributed by atoms with E-state index >= 15 is 0 Å². The maximum absolute atomic E-state index is 13.5. The summed E-state index contributed by atoms with van der Waals surface area (Å²) in [5, 5.41) is 3.28.